The van der Waals surface area contributed by atoms with E-state index in [0.717, 1.165) is 18.9 Å². The Hall–Kier alpha value is -1.61. The molecule has 0 atom stereocenters. The molecular weight excluding hydrogens is 342 g/mol. The second kappa shape index (κ2) is 8.18. The Balaban J connectivity index is 1.85. The summed E-state index contributed by atoms with van der Waals surface area (Å²) in [5.41, 5.74) is 0.696. The van der Waals surface area contributed by atoms with Crippen LogP contribution in [0.2, 0.25) is 0 Å². The summed E-state index contributed by atoms with van der Waals surface area (Å²) in [4.78, 5) is 6.42. The van der Waals surface area contributed by atoms with E-state index in [1.165, 1.54) is 10.6 Å². The highest BCUT2D eigenvalue weighted by Gasteiger charge is 2.29. The molecule has 0 radical (unpaired) electrons. The molecule has 0 spiro atoms. The van der Waals surface area contributed by atoms with E-state index in [-0.39, 0.29) is 11.2 Å². The van der Waals surface area contributed by atoms with Gasteiger partial charge < -0.3 is 14.7 Å². The number of nitrogens with zero attached hydrogens (tertiary/aromatic N) is 4. The lowest BCUT2D eigenvalue weighted by Crippen LogP contribution is -2.54. The van der Waals surface area contributed by atoms with E-state index in [1.807, 2.05) is 0 Å². The van der Waals surface area contributed by atoms with Crippen molar-refractivity contribution in [2.75, 3.05) is 39.8 Å². The van der Waals surface area contributed by atoms with Gasteiger partial charge in [-0.25, -0.2) is 8.42 Å². The van der Waals surface area contributed by atoms with Crippen molar-refractivity contribution in [1.82, 2.24) is 19.7 Å². The molecule has 1 aromatic heterocycles. The summed E-state index contributed by atoms with van der Waals surface area (Å²) in [5.74, 6) is 0.708. The summed E-state index contributed by atoms with van der Waals surface area (Å²) >= 11 is 0. The van der Waals surface area contributed by atoms with Gasteiger partial charge in [-0.2, -0.15) is 4.31 Å². The van der Waals surface area contributed by atoms with Crippen LogP contribution in [0.3, 0.4) is 0 Å². The van der Waals surface area contributed by atoms with Crippen molar-refractivity contribution in [3.8, 4) is 0 Å². The van der Waals surface area contributed by atoms with Gasteiger partial charge in [0.1, 0.15) is 12.0 Å². The van der Waals surface area contributed by atoms with Crippen LogP contribution in [0.4, 0.5) is 0 Å². The molecule has 1 saturated heterocycles. The van der Waals surface area contributed by atoms with Crippen molar-refractivity contribution in [3.63, 3.8) is 0 Å². The molecule has 0 amide bonds. The van der Waals surface area contributed by atoms with E-state index in [9.17, 15) is 8.42 Å². The van der Waals surface area contributed by atoms with Crippen LogP contribution >= 0.6 is 0 Å². The van der Waals surface area contributed by atoms with Gasteiger partial charge in [-0.05, 0) is 11.8 Å². The Bertz CT molecular complexity index is 656. The van der Waals surface area contributed by atoms with Crippen LogP contribution in [-0.4, -0.2) is 68.5 Å². The van der Waals surface area contributed by atoms with Gasteiger partial charge in [0.2, 0.25) is 10.0 Å². The number of piperazine rings is 1. The molecule has 0 aliphatic carbocycles. The monoisotopic (exact) mass is 371 g/mol. The van der Waals surface area contributed by atoms with Gasteiger partial charge in [0.15, 0.2) is 5.96 Å². The highest BCUT2D eigenvalue weighted by atomic mass is 32.2. The first-order valence-electron chi connectivity index (χ1n) is 8.54. The molecule has 142 valence electrons. The van der Waals surface area contributed by atoms with E-state index < -0.39 is 10.0 Å². The molecule has 1 aromatic rings. The predicted octanol–water partition coefficient (Wildman–Crippen LogP) is 1.13. The minimum Gasteiger partial charge on any atom is -0.364 e. The summed E-state index contributed by atoms with van der Waals surface area (Å²) in [6.07, 6.45) is 2.42. The van der Waals surface area contributed by atoms with Gasteiger partial charge in [-0.15, -0.1) is 0 Å². The molecule has 8 nitrogen and oxygen atoms in total. The third-order valence-corrected chi connectivity index (χ3v) is 5.94. The summed E-state index contributed by atoms with van der Waals surface area (Å²) in [6, 6.07) is 1.58. The summed E-state index contributed by atoms with van der Waals surface area (Å²) in [5, 5.41) is 7.06. The first-order chi connectivity index (χ1) is 11.7. The number of aliphatic imine (C=N–C) groups is 1. The average molecular weight is 372 g/mol. The molecule has 0 saturated carbocycles. The first-order valence-corrected chi connectivity index (χ1v) is 10.1. The summed E-state index contributed by atoms with van der Waals surface area (Å²) in [6.45, 7) is 9.59. The lowest BCUT2D eigenvalue weighted by atomic mass is 9.92. The van der Waals surface area contributed by atoms with Crippen molar-refractivity contribution >= 4 is 16.0 Å². The number of hydrogen-bond donors (Lipinski definition) is 1. The van der Waals surface area contributed by atoms with E-state index in [0.29, 0.717) is 31.9 Å². The first kappa shape index (κ1) is 19.7. The van der Waals surface area contributed by atoms with Crippen LogP contribution in [0.25, 0.3) is 0 Å². The number of hydrogen-bond acceptors (Lipinski definition) is 5. The maximum Gasteiger partial charge on any atom is 0.220 e. The van der Waals surface area contributed by atoms with Gasteiger partial charge in [0.05, 0.1) is 5.69 Å². The third kappa shape index (κ3) is 6.00. The second-order valence-corrected chi connectivity index (χ2v) is 9.39. The van der Waals surface area contributed by atoms with Gasteiger partial charge in [0, 0.05) is 45.8 Å². The molecule has 1 aliphatic rings. The molecule has 9 heteroatoms. The lowest BCUT2D eigenvalue weighted by molar-refractivity contribution is 0.258. The Kier molecular flexibility index (Phi) is 6.45. The molecule has 25 heavy (non-hydrogen) atoms. The smallest absolute Gasteiger partial charge is 0.220 e. The number of rotatable bonds is 5. The number of nitrogens with one attached hydrogen (secondary N) is 1. The molecule has 1 aliphatic heterocycles. The van der Waals surface area contributed by atoms with E-state index in [4.69, 9.17) is 4.52 Å². The zero-order valence-corrected chi connectivity index (χ0v) is 16.3. The normalized spacial score (nSPS) is 17.8. The minimum atomic E-state index is -3.37. The van der Waals surface area contributed by atoms with Crippen LogP contribution in [0.5, 0.6) is 0 Å². The third-order valence-electron chi connectivity index (χ3n) is 4.12. The molecule has 0 aromatic carbocycles. The Morgan fingerprint density at radius 3 is 2.52 bits per heavy atom. The van der Waals surface area contributed by atoms with E-state index in [1.54, 1.807) is 13.1 Å². The fourth-order valence-corrected chi connectivity index (χ4v) is 4.07. The largest absolute Gasteiger partial charge is 0.364 e. The zero-order valence-electron chi connectivity index (χ0n) is 15.5. The van der Waals surface area contributed by atoms with Crippen molar-refractivity contribution in [2.45, 2.75) is 32.9 Å². The highest BCUT2D eigenvalue weighted by molar-refractivity contribution is 7.88. The van der Waals surface area contributed by atoms with Crippen molar-refractivity contribution in [3.05, 3.63) is 18.0 Å². The predicted molar refractivity (Wildman–Crippen MR) is 97.7 cm³/mol. The van der Waals surface area contributed by atoms with Crippen LogP contribution in [0.15, 0.2) is 21.8 Å². The topological polar surface area (TPSA) is 91.0 Å². The molecular formula is C16H29N5O3S. The van der Waals surface area contributed by atoms with Crippen LogP contribution in [-0.2, 0) is 15.8 Å². The summed E-state index contributed by atoms with van der Waals surface area (Å²) < 4.78 is 31.1. The lowest BCUT2D eigenvalue weighted by Gasteiger charge is -2.36. The highest BCUT2D eigenvalue weighted by Crippen LogP contribution is 2.17. The molecule has 1 fully saturated rings. The fraction of sp³-hybridized carbons (Fsp3) is 0.750. The molecule has 0 unspecified atom stereocenters. The Labute approximate surface area is 150 Å². The number of aromatic nitrogens is 1. The van der Waals surface area contributed by atoms with Crippen molar-refractivity contribution < 1.29 is 12.9 Å². The Morgan fingerprint density at radius 1 is 1.32 bits per heavy atom. The fourth-order valence-electron chi connectivity index (χ4n) is 2.65. The van der Waals surface area contributed by atoms with Crippen LogP contribution in [0.1, 0.15) is 32.9 Å². The van der Waals surface area contributed by atoms with Crippen LogP contribution < -0.4 is 5.32 Å². The quantitative estimate of drug-likeness (QED) is 0.616. The molecule has 2 rings (SSSR count). The van der Waals surface area contributed by atoms with E-state index >= 15 is 0 Å². The van der Waals surface area contributed by atoms with E-state index in [2.05, 4.69) is 41.1 Å². The maximum absolute atomic E-state index is 12.5. The van der Waals surface area contributed by atoms with Gasteiger partial charge in [-0.1, -0.05) is 25.9 Å². The minimum absolute atomic E-state index is 0.123. The van der Waals surface area contributed by atoms with Gasteiger partial charge >= 0.3 is 0 Å². The van der Waals surface area contributed by atoms with Crippen molar-refractivity contribution in [2.24, 2.45) is 10.4 Å². The molecule has 0 bridgehead atoms. The maximum atomic E-state index is 12.5. The van der Waals surface area contributed by atoms with Crippen LogP contribution in [0, 0.1) is 5.41 Å². The molecule has 1 N–H and O–H groups in total. The van der Waals surface area contributed by atoms with Gasteiger partial charge in [-0.3, -0.25) is 4.99 Å². The number of sulfonamides is 1. The second-order valence-electron chi connectivity index (χ2n) is 7.42. The SMILES string of the molecule is CN=C(NCCC(C)(C)C)N1CCN(S(=O)(=O)Cc2ccon2)CC1. The van der Waals surface area contributed by atoms with Gasteiger partial charge in [0.25, 0.3) is 0 Å². The van der Waals surface area contributed by atoms with Crippen molar-refractivity contribution in [1.29, 1.82) is 0 Å². The standard InChI is InChI=1S/C16H29N5O3S/c1-16(2,3)6-7-18-15(17-4)20-8-10-21(11-9-20)25(22,23)13-14-5-12-24-19-14/h5,12H,6-11,13H2,1-4H3,(H,17,18). The zero-order chi connectivity index (χ0) is 18.5. The summed E-state index contributed by atoms with van der Waals surface area (Å²) in [7, 11) is -1.62. The average Bonchev–Trinajstić information content (AvgIpc) is 3.03. The number of guanidine groups is 1. The molecule has 2 heterocycles. The Morgan fingerprint density at radius 2 is 2.00 bits per heavy atom.